The number of alkyl carbamates (subject to hydrolysis) is 1. The van der Waals surface area contributed by atoms with Crippen LogP contribution >= 0.6 is 0 Å². The monoisotopic (exact) mass is 452 g/mol. The lowest BCUT2D eigenvalue weighted by atomic mass is 10.0. The number of ether oxygens (including phenoxy) is 2. The molecule has 0 unspecified atom stereocenters. The fourth-order valence-corrected chi connectivity index (χ4v) is 3.13. The number of aromatic nitrogens is 1. The summed E-state index contributed by atoms with van der Waals surface area (Å²) in [5.41, 5.74) is 7.47. The van der Waals surface area contributed by atoms with Crippen LogP contribution in [0.2, 0.25) is 0 Å². The van der Waals surface area contributed by atoms with Gasteiger partial charge in [0.05, 0.1) is 0 Å². The summed E-state index contributed by atoms with van der Waals surface area (Å²) in [6.45, 7) is -0.971. The van der Waals surface area contributed by atoms with Gasteiger partial charge in [0.25, 0.3) is 5.91 Å². The van der Waals surface area contributed by atoms with E-state index in [2.05, 4.69) is 15.6 Å². The van der Waals surface area contributed by atoms with Crippen molar-refractivity contribution < 1.29 is 28.7 Å². The number of aromatic amines is 1. The number of primary amides is 1. The smallest absolute Gasteiger partial charge is 0.407 e. The van der Waals surface area contributed by atoms with Crippen LogP contribution in [-0.2, 0) is 36.9 Å². The van der Waals surface area contributed by atoms with E-state index in [-0.39, 0.29) is 13.0 Å². The van der Waals surface area contributed by atoms with Gasteiger partial charge in [-0.2, -0.15) is 0 Å². The van der Waals surface area contributed by atoms with Crippen molar-refractivity contribution in [1.29, 1.82) is 0 Å². The summed E-state index contributed by atoms with van der Waals surface area (Å²) in [5, 5.41) is 5.73. The van der Waals surface area contributed by atoms with E-state index < -0.39 is 43.1 Å². The van der Waals surface area contributed by atoms with Gasteiger partial charge in [0.15, 0.2) is 6.61 Å². The van der Waals surface area contributed by atoms with Crippen LogP contribution in [0.5, 0.6) is 0 Å². The topological polar surface area (TPSA) is 153 Å². The quantitative estimate of drug-likeness (QED) is 0.339. The highest BCUT2D eigenvalue weighted by Crippen LogP contribution is 2.19. The molecule has 1 aromatic heterocycles. The van der Waals surface area contributed by atoms with Crippen LogP contribution in [-0.4, -0.2) is 48.1 Å². The van der Waals surface area contributed by atoms with Crippen LogP contribution in [0, 0.1) is 0 Å². The van der Waals surface area contributed by atoms with E-state index in [4.69, 9.17) is 15.2 Å². The maximum Gasteiger partial charge on any atom is 0.407 e. The minimum atomic E-state index is -1.10. The van der Waals surface area contributed by atoms with Crippen molar-refractivity contribution in [2.24, 2.45) is 5.73 Å². The predicted molar refractivity (Wildman–Crippen MR) is 119 cm³/mol. The first-order valence-corrected chi connectivity index (χ1v) is 10.2. The summed E-state index contributed by atoms with van der Waals surface area (Å²) in [6, 6.07) is 15.4. The molecule has 3 aromatic rings. The molecule has 0 aliphatic carbocycles. The van der Waals surface area contributed by atoms with Gasteiger partial charge >= 0.3 is 12.1 Å². The van der Waals surface area contributed by atoms with E-state index in [1.54, 1.807) is 18.3 Å². The van der Waals surface area contributed by atoms with Crippen LogP contribution in [0.1, 0.15) is 11.1 Å². The second-order valence-corrected chi connectivity index (χ2v) is 7.17. The molecule has 0 fully saturated rings. The molecule has 0 bridgehead atoms. The Bertz CT molecular complexity index is 1130. The summed E-state index contributed by atoms with van der Waals surface area (Å²) >= 11 is 0. The van der Waals surface area contributed by atoms with Crippen LogP contribution in [0.15, 0.2) is 60.8 Å². The Labute approximate surface area is 189 Å². The number of amides is 3. The van der Waals surface area contributed by atoms with Gasteiger partial charge in [-0.25, -0.2) is 9.59 Å². The van der Waals surface area contributed by atoms with Gasteiger partial charge in [0.1, 0.15) is 19.2 Å². The highest BCUT2D eigenvalue weighted by atomic mass is 16.5. The fraction of sp³-hybridized carbons (Fsp3) is 0.217. The number of esters is 1. The molecule has 1 heterocycles. The molecule has 0 aliphatic rings. The van der Waals surface area contributed by atoms with Crippen molar-refractivity contribution in [3.63, 3.8) is 0 Å². The molecule has 172 valence electrons. The molecule has 0 spiro atoms. The van der Waals surface area contributed by atoms with E-state index in [0.29, 0.717) is 0 Å². The van der Waals surface area contributed by atoms with E-state index in [0.717, 1.165) is 22.0 Å². The highest BCUT2D eigenvalue weighted by Gasteiger charge is 2.25. The normalized spacial score (nSPS) is 11.4. The van der Waals surface area contributed by atoms with Crippen LogP contribution in [0.25, 0.3) is 10.9 Å². The van der Waals surface area contributed by atoms with Crippen molar-refractivity contribution in [3.8, 4) is 0 Å². The van der Waals surface area contributed by atoms with E-state index in [1.807, 2.05) is 42.5 Å². The summed E-state index contributed by atoms with van der Waals surface area (Å²) in [5.74, 6) is -2.27. The van der Waals surface area contributed by atoms with Crippen molar-refractivity contribution in [2.45, 2.75) is 19.1 Å². The number of para-hydroxylation sites is 1. The number of fused-ring (bicyclic) bond motifs is 1. The Kier molecular flexibility index (Phi) is 8.01. The fourth-order valence-electron chi connectivity index (χ4n) is 3.13. The molecule has 0 radical (unpaired) electrons. The van der Waals surface area contributed by atoms with Gasteiger partial charge in [0.2, 0.25) is 5.91 Å². The van der Waals surface area contributed by atoms with Crippen LogP contribution in [0.4, 0.5) is 4.79 Å². The molecule has 2 aromatic carbocycles. The lowest BCUT2D eigenvalue weighted by Crippen LogP contribution is -2.47. The van der Waals surface area contributed by atoms with Crippen LogP contribution < -0.4 is 16.4 Å². The average molecular weight is 452 g/mol. The molecule has 10 nitrogen and oxygen atoms in total. The minimum absolute atomic E-state index is 0.0525. The Hall–Kier alpha value is -4.34. The highest BCUT2D eigenvalue weighted by molar-refractivity contribution is 5.89. The van der Waals surface area contributed by atoms with Gasteiger partial charge in [-0.15, -0.1) is 0 Å². The SMILES string of the molecule is NC(=O)COC(=O)[C@H](Cc1c[nH]c2ccccc12)NC(=O)CNC(=O)OCc1ccccc1. The molecule has 0 saturated heterocycles. The first kappa shape index (κ1) is 23.3. The number of hydrogen-bond acceptors (Lipinski definition) is 6. The lowest BCUT2D eigenvalue weighted by Gasteiger charge is -2.17. The summed E-state index contributed by atoms with van der Waals surface area (Å²) in [4.78, 5) is 50.8. The number of carbonyl (C=O) groups is 4. The number of carbonyl (C=O) groups excluding carboxylic acids is 4. The summed E-state index contributed by atoms with van der Waals surface area (Å²) in [6.07, 6.45) is 1.05. The molecule has 10 heteroatoms. The minimum Gasteiger partial charge on any atom is -0.454 e. The van der Waals surface area contributed by atoms with Gasteiger partial charge in [0, 0.05) is 23.5 Å². The molecule has 0 aliphatic heterocycles. The third kappa shape index (κ3) is 7.10. The molecule has 3 rings (SSSR count). The lowest BCUT2D eigenvalue weighted by molar-refractivity contribution is -0.150. The molecule has 3 amide bonds. The first-order chi connectivity index (χ1) is 15.9. The maximum atomic E-state index is 12.5. The average Bonchev–Trinajstić information content (AvgIpc) is 3.23. The maximum absolute atomic E-state index is 12.5. The Morgan fingerprint density at radius 3 is 2.45 bits per heavy atom. The Morgan fingerprint density at radius 2 is 1.70 bits per heavy atom. The zero-order valence-electron chi connectivity index (χ0n) is 17.7. The second kappa shape index (κ2) is 11.3. The zero-order valence-corrected chi connectivity index (χ0v) is 17.7. The van der Waals surface area contributed by atoms with Crippen molar-refractivity contribution in [3.05, 3.63) is 71.9 Å². The van der Waals surface area contributed by atoms with Gasteiger partial charge in [-0.1, -0.05) is 48.5 Å². The Morgan fingerprint density at radius 1 is 0.970 bits per heavy atom. The number of benzene rings is 2. The first-order valence-electron chi connectivity index (χ1n) is 10.2. The predicted octanol–water partition coefficient (Wildman–Crippen LogP) is 1.15. The number of nitrogens with one attached hydrogen (secondary N) is 3. The van der Waals surface area contributed by atoms with Crippen molar-refractivity contribution in [1.82, 2.24) is 15.6 Å². The van der Waals surface area contributed by atoms with Crippen LogP contribution in [0.3, 0.4) is 0 Å². The van der Waals surface area contributed by atoms with Gasteiger partial charge in [-0.05, 0) is 17.2 Å². The standard InChI is InChI=1S/C23H24N4O6/c24-20(28)14-32-22(30)19(10-16-11-25-18-9-5-4-8-17(16)18)27-21(29)12-26-23(31)33-13-15-6-2-1-3-7-15/h1-9,11,19,25H,10,12-14H2,(H2,24,28)(H,26,31)(H,27,29)/t19-/m0/s1. The number of hydrogen-bond donors (Lipinski definition) is 4. The van der Waals surface area contributed by atoms with Crippen molar-refractivity contribution in [2.75, 3.05) is 13.2 Å². The summed E-state index contributed by atoms with van der Waals surface area (Å²) < 4.78 is 9.94. The molecular formula is C23H24N4O6. The number of H-pyrrole nitrogens is 1. The van der Waals surface area contributed by atoms with Gasteiger partial charge < -0.3 is 30.8 Å². The van der Waals surface area contributed by atoms with E-state index in [1.165, 1.54) is 0 Å². The zero-order chi connectivity index (χ0) is 23.6. The Balaban J connectivity index is 1.57. The van der Waals surface area contributed by atoms with E-state index >= 15 is 0 Å². The molecule has 33 heavy (non-hydrogen) atoms. The third-order valence-corrected chi connectivity index (χ3v) is 4.68. The third-order valence-electron chi connectivity index (χ3n) is 4.68. The van der Waals surface area contributed by atoms with Gasteiger partial charge in [-0.3, -0.25) is 9.59 Å². The number of rotatable bonds is 10. The molecular weight excluding hydrogens is 428 g/mol. The molecule has 1 atom stereocenters. The number of nitrogens with two attached hydrogens (primary N) is 1. The van der Waals surface area contributed by atoms with E-state index in [9.17, 15) is 19.2 Å². The molecule has 5 N–H and O–H groups in total. The largest absolute Gasteiger partial charge is 0.454 e. The second-order valence-electron chi connectivity index (χ2n) is 7.17. The van der Waals surface area contributed by atoms with Crippen molar-refractivity contribution >= 4 is 34.8 Å². The summed E-state index contributed by atoms with van der Waals surface area (Å²) in [7, 11) is 0. The molecule has 0 saturated carbocycles.